The molecule has 10 nitrogen and oxygen atoms in total. The molecule has 0 spiro atoms. The molecule has 0 saturated heterocycles. The topological polar surface area (TPSA) is 159 Å². The molecule has 0 fully saturated rings. The number of rotatable bonds is 6. The number of urea groups is 1. The molecule has 0 aliphatic rings. The van der Waals surface area contributed by atoms with Crippen molar-refractivity contribution in [2.24, 2.45) is 5.73 Å². The number of nitrogens with one attached hydrogen (secondary N) is 4. The Morgan fingerprint density at radius 2 is 1.84 bits per heavy atom. The Hall–Kier alpha value is -3.69. The zero-order chi connectivity index (χ0) is 18.2. The molecule has 2 aromatic rings. The number of aromatic amines is 1. The molecule has 130 valence electrons. The Morgan fingerprint density at radius 3 is 2.52 bits per heavy atom. The second kappa shape index (κ2) is 8.24. The summed E-state index contributed by atoms with van der Waals surface area (Å²) in [7, 11) is 0. The van der Waals surface area contributed by atoms with Crippen LogP contribution >= 0.6 is 0 Å². The van der Waals surface area contributed by atoms with E-state index in [1.165, 1.54) is 6.07 Å². The Bertz CT molecular complexity index is 848. The lowest BCUT2D eigenvalue weighted by molar-refractivity contribution is -0.117. The lowest BCUT2D eigenvalue weighted by Gasteiger charge is -2.09. The number of carbonyl (C=O) groups is 3. The van der Waals surface area contributed by atoms with Crippen LogP contribution in [0.2, 0.25) is 0 Å². The Morgan fingerprint density at radius 1 is 1.12 bits per heavy atom. The number of hydrogen-bond acceptors (Lipinski definition) is 5. The summed E-state index contributed by atoms with van der Waals surface area (Å²) < 4.78 is 0. The van der Waals surface area contributed by atoms with Crippen molar-refractivity contribution in [3.8, 4) is 0 Å². The maximum Gasteiger partial charge on any atom is 0.319 e. The van der Waals surface area contributed by atoms with Gasteiger partial charge >= 0.3 is 6.03 Å². The summed E-state index contributed by atoms with van der Waals surface area (Å²) in [6, 6.07) is 6.94. The molecule has 0 atom stereocenters. The van der Waals surface area contributed by atoms with Gasteiger partial charge in [0.1, 0.15) is 5.69 Å². The lowest BCUT2D eigenvalue weighted by atomic mass is 10.2. The largest absolute Gasteiger partial charge is 0.370 e. The van der Waals surface area contributed by atoms with Crippen LogP contribution < -0.4 is 27.2 Å². The fourth-order valence-corrected chi connectivity index (χ4v) is 1.84. The summed E-state index contributed by atoms with van der Waals surface area (Å²) in [5, 5.41) is 7.59. The van der Waals surface area contributed by atoms with Crippen molar-refractivity contribution >= 4 is 29.2 Å². The Kier molecular flexibility index (Phi) is 5.82. The van der Waals surface area contributed by atoms with Crippen LogP contribution in [0.3, 0.4) is 0 Å². The van der Waals surface area contributed by atoms with Crippen molar-refractivity contribution in [2.75, 3.05) is 17.2 Å². The number of H-pyrrole nitrogens is 1. The van der Waals surface area contributed by atoms with Crippen LogP contribution in [0.4, 0.5) is 16.2 Å². The summed E-state index contributed by atoms with van der Waals surface area (Å²) in [5.41, 5.74) is 5.33. The zero-order valence-electron chi connectivity index (χ0n) is 13.0. The first-order chi connectivity index (χ1) is 11.9. The summed E-state index contributed by atoms with van der Waals surface area (Å²) in [5.74, 6) is -1.08. The molecule has 0 aliphatic heterocycles. The predicted molar refractivity (Wildman–Crippen MR) is 90.1 cm³/mol. The quantitative estimate of drug-likeness (QED) is 0.499. The van der Waals surface area contributed by atoms with Crippen molar-refractivity contribution in [1.82, 2.24) is 15.3 Å². The number of anilines is 2. The Balaban J connectivity index is 1.96. The van der Waals surface area contributed by atoms with E-state index in [-0.39, 0.29) is 18.7 Å². The third-order valence-corrected chi connectivity index (χ3v) is 2.95. The van der Waals surface area contributed by atoms with Gasteiger partial charge in [-0.15, -0.1) is 0 Å². The van der Waals surface area contributed by atoms with Crippen LogP contribution in [-0.2, 0) is 4.79 Å². The van der Waals surface area contributed by atoms with Crippen LogP contribution in [0.5, 0.6) is 0 Å². The molecule has 1 heterocycles. The van der Waals surface area contributed by atoms with Gasteiger partial charge in [0.15, 0.2) is 0 Å². The van der Waals surface area contributed by atoms with Crippen LogP contribution in [0, 0.1) is 0 Å². The standard InChI is InChI=1S/C15H16N6O4/c16-12(22)4-5-17-15(25)21-10-3-1-2-9(6-10)20-14(24)11-7-13(23)19-8-18-11/h1-3,6-8H,4-5H2,(H2,16,22)(H,20,24)(H2,17,21,25)(H,18,19,23). The first kappa shape index (κ1) is 17.7. The number of benzene rings is 1. The molecular weight excluding hydrogens is 328 g/mol. The van der Waals surface area contributed by atoms with Gasteiger partial charge in [-0.3, -0.25) is 14.4 Å². The summed E-state index contributed by atoms with van der Waals surface area (Å²) in [6.45, 7) is 0.117. The molecule has 1 aromatic heterocycles. The number of aromatic nitrogens is 2. The highest BCUT2D eigenvalue weighted by Crippen LogP contribution is 2.15. The monoisotopic (exact) mass is 344 g/mol. The highest BCUT2D eigenvalue weighted by atomic mass is 16.2. The minimum atomic E-state index is -0.561. The van der Waals surface area contributed by atoms with Crippen molar-refractivity contribution in [3.63, 3.8) is 0 Å². The van der Waals surface area contributed by atoms with Gasteiger partial charge in [-0.25, -0.2) is 9.78 Å². The van der Waals surface area contributed by atoms with E-state index in [2.05, 4.69) is 25.9 Å². The highest BCUT2D eigenvalue weighted by Gasteiger charge is 2.09. The van der Waals surface area contributed by atoms with Crippen molar-refractivity contribution < 1.29 is 14.4 Å². The second-order valence-corrected chi connectivity index (χ2v) is 4.93. The molecule has 1 aromatic carbocycles. The Labute approximate surface area is 141 Å². The minimum Gasteiger partial charge on any atom is -0.370 e. The van der Waals surface area contributed by atoms with Gasteiger partial charge in [0.05, 0.1) is 6.33 Å². The zero-order valence-corrected chi connectivity index (χ0v) is 13.0. The van der Waals surface area contributed by atoms with Crippen LogP contribution in [-0.4, -0.2) is 34.4 Å². The molecule has 2 rings (SSSR count). The molecule has 4 amide bonds. The van der Waals surface area contributed by atoms with E-state index in [0.717, 1.165) is 12.4 Å². The van der Waals surface area contributed by atoms with Gasteiger partial charge in [-0.1, -0.05) is 6.07 Å². The maximum absolute atomic E-state index is 12.0. The summed E-state index contributed by atoms with van der Waals surface area (Å²) >= 11 is 0. The van der Waals surface area contributed by atoms with Gasteiger partial charge in [0.2, 0.25) is 5.91 Å². The fraction of sp³-hybridized carbons (Fsp3) is 0.133. The fourth-order valence-electron chi connectivity index (χ4n) is 1.84. The molecule has 25 heavy (non-hydrogen) atoms. The van der Waals surface area contributed by atoms with Crippen LogP contribution in [0.25, 0.3) is 0 Å². The first-order valence-electron chi connectivity index (χ1n) is 7.23. The number of carbonyl (C=O) groups excluding carboxylic acids is 3. The second-order valence-electron chi connectivity index (χ2n) is 4.93. The average molecular weight is 344 g/mol. The maximum atomic E-state index is 12.0. The SMILES string of the molecule is NC(=O)CCNC(=O)Nc1cccc(NC(=O)c2cc(=O)[nH]cn2)c1. The molecule has 0 radical (unpaired) electrons. The molecule has 0 bridgehead atoms. The molecule has 10 heteroatoms. The number of nitrogens with two attached hydrogens (primary N) is 1. The van der Waals surface area contributed by atoms with E-state index in [1.807, 2.05) is 0 Å². The number of nitrogens with zero attached hydrogens (tertiary/aromatic N) is 1. The third kappa shape index (κ3) is 5.78. The molecule has 0 aliphatic carbocycles. The number of primary amides is 1. The van der Waals surface area contributed by atoms with Crippen LogP contribution in [0.1, 0.15) is 16.9 Å². The molecule has 6 N–H and O–H groups in total. The summed E-state index contributed by atoms with van der Waals surface area (Å²) in [4.78, 5) is 51.6. The van der Waals surface area contributed by atoms with Crippen LogP contribution in [0.15, 0.2) is 41.5 Å². The van der Waals surface area contributed by atoms with E-state index < -0.39 is 23.4 Å². The molecule has 0 unspecified atom stereocenters. The van der Waals surface area contributed by atoms with Gasteiger partial charge in [-0.05, 0) is 18.2 Å². The smallest absolute Gasteiger partial charge is 0.319 e. The number of amides is 4. The first-order valence-corrected chi connectivity index (χ1v) is 7.23. The molecule has 0 saturated carbocycles. The number of hydrogen-bond donors (Lipinski definition) is 5. The van der Waals surface area contributed by atoms with E-state index in [0.29, 0.717) is 11.4 Å². The van der Waals surface area contributed by atoms with Gasteiger partial charge in [0.25, 0.3) is 11.5 Å². The third-order valence-electron chi connectivity index (χ3n) is 2.95. The molecular formula is C15H16N6O4. The summed E-state index contributed by atoms with van der Waals surface area (Å²) in [6.07, 6.45) is 1.17. The van der Waals surface area contributed by atoms with Crippen molar-refractivity contribution in [1.29, 1.82) is 0 Å². The average Bonchev–Trinajstić information content (AvgIpc) is 2.54. The highest BCUT2D eigenvalue weighted by molar-refractivity contribution is 6.03. The normalized spacial score (nSPS) is 9.92. The van der Waals surface area contributed by atoms with E-state index in [9.17, 15) is 19.2 Å². The predicted octanol–water partition coefficient (Wildman–Crippen LogP) is 0.0191. The van der Waals surface area contributed by atoms with Crippen molar-refractivity contribution in [3.05, 3.63) is 52.7 Å². The van der Waals surface area contributed by atoms with E-state index in [1.54, 1.807) is 18.2 Å². The minimum absolute atomic E-state index is 0.0344. The van der Waals surface area contributed by atoms with Crippen molar-refractivity contribution in [2.45, 2.75) is 6.42 Å². The van der Waals surface area contributed by atoms with E-state index >= 15 is 0 Å². The van der Waals surface area contributed by atoms with Gasteiger partial charge in [-0.2, -0.15) is 0 Å². The van der Waals surface area contributed by atoms with Gasteiger partial charge < -0.3 is 26.7 Å². The van der Waals surface area contributed by atoms with Gasteiger partial charge in [0, 0.05) is 30.4 Å². The lowest BCUT2D eigenvalue weighted by Crippen LogP contribution is -2.31. The van der Waals surface area contributed by atoms with E-state index in [4.69, 9.17) is 5.73 Å².